The van der Waals surface area contributed by atoms with E-state index in [1.807, 2.05) is 55.3 Å². The van der Waals surface area contributed by atoms with Gasteiger partial charge < -0.3 is 25.0 Å². The van der Waals surface area contributed by atoms with Crippen LogP contribution in [0.4, 0.5) is 4.79 Å². The zero-order valence-corrected chi connectivity index (χ0v) is 22.9. The molecule has 1 fully saturated rings. The highest BCUT2D eigenvalue weighted by atomic mass is 16.6. The van der Waals surface area contributed by atoms with E-state index in [2.05, 4.69) is 15.3 Å². The number of nitrogens with zero attached hydrogens (tertiary/aromatic N) is 2. The van der Waals surface area contributed by atoms with Gasteiger partial charge in [-0.1, -0.05) is 30.3 Å². The molecule has 0 aliphatic carbocycles. The number of phenols is 1. The predicted octanol–water partition coefficient (Wildman–Crippen LogP) is 5.59. The third kappa shape index (κ3) is 6.54. The molecule has 0 spiro atoms. The van der Waals surface area contributed by atoms with Crippen molar-refractivity contribution in [2.45, 2.75) is 78.0 Å². The molecule has 8 heteroatoms. The van der Waals surface area contributed by atoms with E-state index in [-0.39, 0.29) is 24.1 Å². The summed E-state index contributed by atoms with van der Waals surface area (Å²) in [5, 5.41) is 12.9. The lowest BCUT2D eigenvalue weighted by Crippen LogP contribution is -2.52. The Morgan fingerprint density at radius 3 is 2.50 bits per heavy atom. The molecule has 8 nitrogen and oxygen atoms in total. The quantitative estimate of drug-likeness (QED) is 0.394. The first-order valence-corrected chi connectivity index (χ1v) is 13.2. The number of phenolic OH excluding ortho intramolecular Hbond substituents is 1. The highest BCUT2D eigenvalue weighted by molar-refractivity contribution is 5.86. The third-order valence-corrected chi connectivity index (χ3v) is 6.86. The number of H-pyrrole nitrogens is 1. The van der Waals surface area contributed by atoms with Crippen LogP contribution in [-0.4, -0.2) is 50.2 Å². The molecule has 4 rings (SSSR count). The number of ether oxygens (including phenoxy) is 1. The Bertz CT molecular complexity index is 1260. The summed E-state index contributed by atoms with van der Waals surface area (Å²) in [6.45, 7) is 9.74. The SMILES string of the molecule is Cc1cc(O)cc(C)c1CC(NC(=O)OC(C)(C)C)C(=O)N1CCCC[C@H]1c1ncc(-c2ccccc2)[nH]1. The topological polar surface area (TPSA) is 108 Å². The van der Waals surface area contributed by atoms with E-state index in [0.29, 0.717) is 6.54 Å². The number of piperidine rings is 1. The van der Waals surface area contributed by atoms with E-state index in [1.165, 1.54) is 0 Å². The predicted molar refractivity (Wildman–Crippen MR) is 147 cm³/mol. The van der Waals surface area contributed by atoms with Crippen LogP contribution in [0.25, 0.3) is 11.3 Å². The smallest absolute Gasteiger partial charge is 0.408 e. The van der Waals surface area contributed by atoms with Crippen molar-refractivity contribution in [1.29, 1.82) is 0 Å². The fourth-order valence-electron chi connectivity index (χ4n) is 5.10. The van der Waals surface area contributed by atoms with Gasteiger partial charge in [-0.15, -0.1) is 0 Å². The highest BCUT2D eigenvalue weighted by Crippen LogP contribution is 2.32. The molecule has 1 aliphatic heterocycles. The molecule has 2 heterocycles. The number of benzene rings is 2. The van der Waals surface area contributed by atoms with Gasteiger partial charge in [-0.05, 0) is 88.3 Å². The molecule has 0 radical (unpaired) electrons. The number of rotatable bonds is 6. The Labute approximate surface area is 224 Å². The van der Waals surface area contributed by atoms with Gasteiger partial charge in [0.25, 0.3) is 0 Å². The lowest BCUT2D eigenvalue weighted by molar-refractivity contribution is -0.137. The average molecular weight is 519 g/mol. The molecule has 3 N–H and O–H groups in total. The molecule has 202 valence electrons. The van der Waals surface area contributed by atoms with Crippen molar-refractivity contribution < 1.29 is 19.4 Å². The number of carbonyl (C=O) groups excluding carboxylic acids is 2. The van der Waals surface area contributed by atoms with E-state index in [9.17, 15) is 14.7 Å². The number of amides is 2. The summed E-state index contributed by atoms with van der Waals surface area (Å²) in [5.41, 5.74) is 3.87. The summed E-state index contributed by atoms with van der Waals surface area (Å²) in [5.74, 6) is 0.741. The van der Waals surface area contributed by atoms with Crippen LogP contribution in [-0.2, 0) is 16.0 Å². The first-order chi connectivity index (χ1) is 18.0. The highest BCUT2D eigenvalue weighted by Gasteiger charge is 2.36. The number of likely N-dealkylation sites (tertiary alicyclic amines) is 1. The lowest BCUT2D eigenvalue weighted by atomic mass is 9.94. The Morgan fingerprint density at radius 1 is 1.16 bits per heavy atom. The first-order valence-electron chi connectivity index (χ1n) is 13.2. The second-order valence-electron chi connectivity index (χ2n) is 11.1. The molecule has 1 aliphatic rings. The molecule has 38 heavy (non-hydrogen) atoms. The van der Waals surface area contributed by atoms with E-state index in [0.717, 1.165) is 53.0 Å². The van der Waals surface area contributed by atoms with Crippen LogP contribution in [0.5, 0.6) is 5.75 Å². The maximum absolute atomic E-state index is 14.1. The summed E-state index contributed by atoms with van der Waals surface area (Å²) in [7, 11) is 0. The third-order valence-electron chi connectivity index (χ3n) is 6.86. The summed E-state index contributed by atoms with van der Waals surface area (Å²) < 4.78 is 5.51. The molecule has 3 aromatic rings. The van der Waals surface area contributed by atoms with Gasteiger partial charge in [-0.25, -0.2) is 9.78 Å². The fourth-order valence-corrected chi connectivity index (χ4v) is 5.10. The van der Waals surface area contributed by atoms with Crippen molar-refractivity contribution in [1.82, 2.24) is 20.2 Å². The van der Waals surface area contributed by atoms with Crippen molar-refractivity contribution in [3.8, 4) is 17.0 Å². The second kappa shape index (κ2) is 11.3. The molecule has 2 aromatic carbocycles. The van der Waals surface area contributed by atoms with Crippen LogP contribution in [0.1, 0.15) is 68.6 Å². The zero-order chi connectivity index (χ0) is 27.4. The number of aromatic nitrogens is 2. The van der Waals surface area contributed by atoms with Gasteiger partial charge >= 0.3 is 6.09 Å². The Morgan fingerprint density at radius 2 is 1.84 bits per heavy atom. The standard InChI is InChI=1S/C30H38N4O4/c1-19-15-22(35)16-20(2)23(19)17-24(33-29(37)38-30(3,4)5)28(36)34-14-10-9-13-26(34)27-31-18-25(32-27)21-11-7-6-8-12-21/h6-8,11-12,15-16,18,24,26,35H,9-10,13-14,17H2,1-5H3,(H,31,32)(H,33,37)/t24?,26-/m0/s1. The van der Waals surface area contributed by atoms with Crippen molar-refractivity contribution in [2.75, 3.05) is 6.54 Å². The van der Waals surface area contributed by atoms with E-state index in [4.69, 9.17) is 4.74 Å². The molecular formula is C30H38N4O4. The molecular weight excluding hydrogens is 480 g/mol. The minimum atomic E-state index is -0.837. The Balaban J connectivity index is 1.63. The van der Waals surface area contributed by atoms with Gasteiger partial charge in [-0.3, -0.25) is 4.79 Å². The van der Waals surface area contributed by atoms with Gasteiger partial charge in [0, 0.05) is 13.0 Å². The van der Waals surface area contributed by atoms with Gasteiger partial charge in [0.1, 0.15) is 23.2 Å². The number of hydrogen-bond acceptors (Lipinski definition) is 5. The van der Waals surface area contributed by atoms with E-state index in [1.54, 1.807) is 32.9 Å². The van der Waals surface area contributed by atoms with Crippen LogP contribution in [0.2, 0.25) is 0 Å². The Hall–Kier alpha value is -3.81. The second-order valence-corrected chi connectivity index (χ2v) is 11.1. The molecule has 1 saturated heterocycles. The normalized spacial score (nSPS) is 16.7. The minimum absolute atomic E-state index is 0.176. The van der Waals surface area contributed by atoms with Crippen LogP contribution >= 0.6 is 0 Å². The number of aryl methyl sites for hydroxylation is 2. The largest absolute Gasteiger partial charge is 0.508 e. The van der Waals surface area contributed by atoms with Crippen LogP contribution < -0.4 is 5.32 Å². The summed E-state index contributed by atoms with van der Waals surface area (Å²) in [4.78, 5) is 36.8. The summed E-state index contributed by atoms with van der Waals surface area (Å²) >= 11 is 0. The molecule has 1 unspecified atom stereocenters. The number of nitrogens with one attached hydrogen (secondary N) is 2. The molecule has 2 atom stereocenters. The monoisotopic (exact) mass is 518 g/mol. The number of aromatic amines is 1. The van der Waals surface area contributed by atoms with Crippen molar-refractivity contribution in [2.24, 2.45) is 0 Å². The van der Waals surface area contributed by atoms with Crippen LogP contribution in [0, 0.1) is 13.8 Å². The number of imidazole rings is 1. The zero-order valence-electron chi connectivity index (χ0n) is 22.9. The fraction of sp³-hybridized carbons (Fsp3) is 0.433. The van der Waals surface area contributed by atoms with Crippen LogP contribution in [0.15, 0.2) is 48.7 Å². The molecule has 0 saturated carbocycles. The van der Waals surface area contributed by atoms with Gasteiger partial charge in [0.2, 0.25) is 5.91 Å². The molecule has 0 bridgehead atoms. The number of hydrogen-bond donors (Lipinski definition) is 3. The minimum Gasteiger partial charge on any atom is -0.508 e. The van der Waals surface area contributed by atoms with E-state index < -0.39 is 17.7 Å². The van der Waals surface area contributed by atoms with Crippen molar-refractivity contribution >= 4 is 12.0 Å². The number of carbonyl (C=O) groups is 2. The maximum Gasteiger partial charge on any atom is 0.408 e. The number of alkyl carbamates (subject to hydrolysis) is 1. The van der Waals surface area contributed by atoms with Crippen molar-refractivity contribution in [3.63, 3.8) is 0 Å². The van der Waals surface area contributed by atoms with E-state index >= 15 is 0 Å². The van der Waals surface area contributed by atoms with Gasteiger partial charge in [0.15, 0.2) is 0 Å². The van der Waals surface area contributed by atoms with Gasteiger partial charge in [-0.2, -0.15) is 0 Å². The van der Waals surface area contributed by atoms with Crippen LogP contribution in [0.3, 0.4) is 0 Å². The Kier molecular flexibility index (Phi) is 8.09. The molecule has 1 aromatic heterocycles. The average Bonchev–Trinajstić information content (AvgIpc) is 3.35. The summed E-state index contributed by atoms with van der Waals surface area (Å²) in [6.07, 6.45) is 4.10. The van der Waals surface area contributed by atoms with Crippen molar-refractivity contribution in [3.05, 3.63) is 71.2 Å². The molecule has 2 amide bonds. The summed E-state index contributed by atoms with van der Waals surface area (Å²) in [6, 6.07) is 12.3. The number of aromatic hydroxyl groups is 1. The van der Waals surface area contributed by atoms with Gasteiger partial charge in [0.05, 0.1) is 17.9 Å². The lowest BCUT2D eigenvalue weighted by Gasteiger charge is -2.37. The first kappa shape index (κ1) is 27.2. The maximum atomic E-state index is 14.1.